The molecule has 0 aromatic heterocycles. The lowest BCUT2D eigenvalue weighted by Gasteiger charge is -2.32. The fraction of sp³-hybridized carbons (Fsp3) is 0.455. The number of rotatable bonds is 1. The molecule has 15 heavy (non-hydrogen) atoms. The Bertz CT molecular complexity index is 354. The average molecular weight is 276 g/mol. The van der Waals surface area contributed by atoms with E-state index in [2.05, 4.69) is 21.2 Å². The van der Waals surface area contributed by atoms with E-state index in [9.17, 15) is 8.78 Å². The summed E-state index contributed by atoms with van der Waals surface area (Å²) in [6.45, 7) is 0.740. The number of benzene rings is 1. The predicted molar refractivity (Wildman–Crippen MR) is 59.3 cm³/mol. The zero-order valence-corrected chi connectivity index (χ0v) is 9.73. The zero-order chi connectivity index (χ0) is 10.9. The summed E-state index contributed by atoms with van der Waals surface area (Å²) in [5, 5.41) is 3.02. The first-order valence-corrected chi connectivity index (χ1v) is 5.73. The minimum Gasteiger partial charge on any atom is -0.316 e. The highest BCUT2D eigenvalue weighted by Crippen LogP contribution is 2.40. The first-order valence-electron chi connectivity index (χ1n) is 4.94. The molecule has 1 atom stereocenters. The van der Waals surface area contributed by atoms with Gasteiger partial charge < -0.3 is 5.32 Å². The van der Waals surface area contributed by atoms with E-state index >= 15 is 0 Å². The number of alkyl halides is 2. The Hall–Kier alpha value is -0.480. The maximum atomic E-state index is 13.7. The molecule has 1 nitrogen and oxygen atoms in total. The summed E-state index contributed by atoms with van der Waals surface area (Å²) in [6.07, 6.45) is -0.0843. The van der Waals surface area contributed by atoms with Crippen LogP contribution in [0.4, 0.5) is 8.78 Å². The highest BCUT2D eigenvalue weighted by molar-refractivity contribution is 9.10. The van der Waals surface area contributed by atoms with E-state index in [0.29, 0.717) is 18.7 Å². The third kappa shape index (κ3) is 2.21. The normalized spacial score (nSPS) is 25.1. The van der Waals surface area contributed by atoms with Gasteiger partial charge in [0.1, 0.15) is 0 Å². The summed E-state index contributed by atoms with van der Waals surface area (Å²) >= 11 is 3.32. The summed E-state index contributed by atoms with van der Waals surface area (Å²) in [5.74, 6) is -3.32. The van der Waals surface area contributed by atoms with Gasteiger partial charge in [0.2, 0.25) is 0 Å². The van der Waals surface area contributed by atoms with Crippen molar-refractivity contribution in [2.24, 2.45) is 0 Å². The van der Waals surface area contributed by atoms with Gasteiger partial charge in [-0.25, -0.2) is 8.78 Å². The fourth-order valence-electron chi connectivity index (χ4n) is 1.92. The molecule has 2 rings (SSSR count). The number of hydrogen-bond acceptors (Lipinski definition) is 1. The van der Waals surface area contributed by atoms with Gasteiger partial charge >= 0.3 is 0 Å². The smallest absolute Gasteiger partial charge is 0.257 e. The standard InChI is InChI=1S/C11H12BrF2N/c12-10-4-2-1-3-8(10)9-7-15-6-5-11(9,13)14/h1-4,9,15H,5-7H2. The number of piperidine rings is 1. The molecular weight excluding hydrogens is 264 g/mol. The lowest BCUT2D eigenvalue weighted by Crippen LogP contribution is -2.43. The summed E-state index contributed by atoms with van der Waals surface area (Å²) in [6, 6.07) is 7.20. The van der Waals surface area contributed by atoms with Gasteiger partial charge in [-0.1, -0.05) is 34.1 Å². The molecule has 1 saturated heterocycles. The second-order valence-corrected chi connectivity index (χ2v) is 4.64. The minimum absolute atomic E-state index is 0.0843. The van der Waals surface area contributed by atoms with E-state index in [4.69, 9.17) is 0 Å². The topological polar surface area (TPSA) is 12.0 Å². The number of halogens is 3. The van der Waals surface area contributed by atoms with Gasteiger partial charge in [-0.15, -0.1) is 0 Å². The van der Waals surface area contributed by atoms with Crippen molar-refractivity contribution in [3.8, 4) is 0 Å². The number of nitrogens with one attached hydrogen (secondary N) is 1. The predicted octanol–water partition coefficient (Wildman–Crippen LogP) is 3.16. The van der Waals surface area contributed by atoms with Gasteiger partial charge in [0, 0.05) is 24.0 Å². The van der Waals surface area contributed by atoms with E-state index in [1.807, 2.05) is 6.07 Å². The van der Waals surface area contributed by atoms with E-state index in [1.54, 1.807) is 18.2 Å². The minimum atomic E-state index is -2.60. The maximum absolute atomic E-state index is 13.7. The van der Waals surface area contributed by atoms with Crippen LogP contribution in [0.15, 0.2) is 28.7 Å². The molecule has 0 amide bonds. The SMILES string of the molecule is FC1(F)CCNCC1c1ccccc1Br. The summed E-state index contributed by atoms with van der Waals surface area (Å²) in [5.41, 5.74) is 0.690. The second kappa shape index (κ2) is 4.18. The maximum Gasteiger partial charge on any atom is 0.257 e. The third-order valence-corrected chi connectivity index (χ3v) is 3.50. The van der Waals surface area contributed by atoms with Crippen molar-refractivity contribution < 1.29 is 8.78 Å². The summed E-state index contributed by atoms with van der Waals surface area (Å²) < 4.78 is 28.1. The Morgan fingerprint density at radius 2 is 2.07 bits per heavy atom. The summed E-state index contributed by atoms with van der Waals surface area (Å²) in [4.78, 5) is 0. The van der Waals surface area contributed by atoms with Crippen LogP contribution in [0.2, 0.25) is 0 Å². The van der Waals surface area contributed by atoms with Crippen molar-refractivity contribution in [3.05, 3.63) is 34.3 Å². The lowest BCUT2D eigenvalue weighted by molar-refractivity contribution is -0.0481. The molecule has 1 aliphatic rings. The summed E-state index contributed by atoms with van der Waals surface area (Å²) in [7, 11) is 0. The first kappa shape index (κ1) is 11.0. The molecule has 1 unspecified atom stereocenters. The molecule has 0 saturated carbocycles. The van der Waals surface area contributed by atoms with Crippen molar-refractivity contribution in [1.29, 1.82) is 0 Å². The first-order chi connectivity index (χ1) is 7.11. The van der Waals surface area contributed by atoms with E-state index in [0.717, 1.165) is 4.47 Å². The molecule has 1 aromatic carbocycles. The lowest BCUT2D eigenvalue weighted by atomic mass is 9.88. The Morgan fingerprint density at radius 1 is 1.33 bits per heavy atom. The van der Waals surface area contributed by atoms with Gasteiger partial charge in [0.25, 0.3) is 5.92 Å². The van der Waals surface area contributed by atoms with Crippen LogP contribution in [0, 0.1) is 0 Å². The Kier molecular flexibility index (Phi) is 3.07. The van der Waals surface area contributed by atoms with Crippen LogP contribution in [0.3, 0.4) is 0 Å². The Morgan fingerprint density at radius 3 is 2.73 bits per heavy atom. The molecule has 0 bridgehead atoms. The fourth-order valence-corrected chi connectivity index (χ4v) is 2.48. The Balaban J connectivity index is 2.33. The van der Waals surface area contributed by atoms with E-state index < -0.39 is 11.8 Å². The van der Waals surface area contributed by atoms with Gasteiger partial charge in [0.15, 0.2) is 0 Å². The molecule has 82 valence electrons. The zero-order valence-electron chi connectivity index (χ0n) is 8.14. The highest BCUT2D eigenvalue weighted by Gasteiger charge is 2.42. The highest BCUT2D eigenvalue weighted by atomic mass is 79.9. The largest absolute Gasteiger partial charge is 0.316 e. The molecule has 1 fully saturated rings. The van der Waals surface area contributed by atoms with E-state index in [1.165, 1.54) is 0 Å². The van der Waals surface area contributed by atoms with Crippen molar-refractivity contribution >= 4 is 15.9 Å². The molecular formula is C11H12BrF2N. The monoisotopic (exact) mass is 275 g/mol. The Labute approximate surface area is 96.0 Å². The van der Waals surface area contributed by atoms with Crippen LogP contribution < -0.4 is 5.32 Å². The van der Waals surface area contributed by atoms with Gasteiger partial charge in [-0.05, 0) is 11.6 Å². The van der Waals surface area contributed by atoms with Crippen LogP contribution in [0.1, 0.15) is 17.9 Å². The van der Waals surface area contributed by atoms with Crippen LogP contribution in [-0.4, -0.2) is 19.0 Å². The third-order valence-electron chi connectivity index (χ3n) is 2.77. The molecule has 1 aliphatic heterocycles. The number of hydrogen-bond donors (Lipinski definition) is 1. The molecule has 1 N–H and O–H groups in total. The molecule has 0 aliphatic carbocycles. The van der Waals surface area contributed by atoms with Gasteiger partial charge in [-0.3, -0.25) is 0 Å². The molecule has 4 heteroatoms. The van der Waals surface area contributed by atoms with Gasteiger partial charge in [0.05, 0.1) is 5.92 Å². The molecule has 0 radical (unpaired) electrons. The van der Waals surface area contributed by atoms with E-state index in [-0.39, 0.29) is 6.42 Å². The molecule has 1 aromatic rings. The van der Waals surface area contributed by atoms with Crippen LogP contribution >= 0.6 is 15.9 Å². The van der Waals surface area contributed by atoms with Crippen molar-refractivity contribution in [2.75, 3.05) is 13.1 Å². The van der Waals surface area contributed by atoms with Gasteiger partial charge in [-0.2, -0.15) is 0 Å². The second-order valence-electron chi connectivity index (χ2n) is 3.79. The van der Waals surface area contributed by atoms with Crippen LogP contribution in [-0.2, 0) is 0 Å². The van der Waals surface area contributed by atoms with Crippen LogP contribution in [0.25, 0.3) is 0 Å². The van der Waals surface area contributed by atoms with Crippen molar-refractivity contribution in [2.45, 2.75) is 18.3 Å². The van der Waals surface area contributed by atoms with Crippen molar-refractivity contribution in [1.82, 2.24) is 5.32 Å². The molecule has 0 spiro atoms. The molecule has 1 heterocycles. The van der Waals surface area contributed by atoms with Crippen molar-refractivity contribution in [3.63, 3.8) is 0 Å². The quantitative estimate of drug-likeness (QED) is 0.830. The average Bonchev–Trinajstić information content (AvgIpc) is 2.19. The van der Waals surface area contributed by atoms with Crippen LogP contribution in [0.5, 0.6) is 0 Å².